The van der Waals surface area contributed by atoms with Gasteiger partial charge in [-0.2, -0.15) is 0 Å². The number of carbonyl (C=O) groups excluding carboxylic acids is 2. The van der Waals surface area contributed by atoms with Gasteiger partial charge < -0.3 is 16.0 Å². The summed E-state index contributed by atoms with van der Waals surface area (Å²) in [6.07, 6.45) is 2.28. The monoisotopic (exact) mass is 421 g/mol. The van der Waals surface area contributed by atoms with Crippen molar-refractivity contribution in [3.63, 3.8) is 0 Å². The molecule has 1 unspecified atom stereocenters. The number of rotatable bonds is 6. The molecule has 0 bridgehead atoms. The largest absolute Gasteiger partial charge is 0.352 e. The third-order valence-electron chi connectivity index (χ3n) is 4.93. The fourth-order valence-electron chi connectivity index (χ4n) is 3.21. The molecule has 3 rings (SSSR count). The van der Waals surface area contributed by atoms with Crippen LogP contribution in [0.3, 0.4) is 0 Å². The minimum Gasteiger partial charge on any atom is -0.352 e. The summed E-state index contributed by atoms with van der Waals surface area (Å²) in [5.74, 6) is 0.568. The number of carbonyl (C=O) groups is 2. The summed E-state index contributed by atoms with van der Waals surface area (Å²) in [4.78, 5) is 25.1. The van der Waals surface area contributed by atoms with E-state index >= 15 is 0 Å². The standard InChI is InChI=1S/C21H27N3O2S.ClH/c1-14(2)16-5-7-17(8-6-16)19(25)24-21-18(9-11-27-21)20(26)23-13-15-4-3-10-22-12-15;/h5-9,11,14-15,22H,3-4,10,12-13H2,1-2H3,(H,23,26)(H,24,25);1H. The van der Waals surface area contributed by atoms with E-state index in [9.17, 15) is 9.59 Å². The Balaban J connectivity index is 0.00000280. The summed E-state index contributed by atoms with van der Waals surface area (Å²) in [5.41, 5.74) is 2.31. The molecule has 152 valence electrons. The molecule has 1 aromatic heterocycles. The lowest BCUT2D eigenvalue weighted by Gasteiger charge is -2.22. The maximum Gasteiger partial charge on any atom is 0.256 e. The van der Waals surface area contributed by atoms with Crippen LogP contribution in [0, 0.1) is 5.92 Å². The molecular formula is C21H28ClN3O2S. The van der Waals surface area contributed by atoms with Crippen LogP contribution in [0.25, 0.3) is 0 Å². The Hall–Kier alpha value is -1.89. The summed E-state index contributed by atoms with van der Waals surface area (Å²) in [6, 6.07) is 9.36. The molecule has 0 radical (unpaired) electrons. The second-order valence-corrected chi connectivity index (χ2v) is 8.23. The summed E-state index contributed by atoms with van der Waals surface area (Å²) in [7, 11) is 0. The first-order chi connectivity index (χ1) is 13.0. The minimum absolute atomic E-state index is 0. The van der Waals surface area contributed by atoms with Crippen LogP contribution in [0.4, 0.5) is 5.00 Å². The maximum atomic E-state index is 12.5. The number of amides is 2. The molecule has 1 aliphatic rings. The van der Waals surface area contributed by atoms with Crippen LogP contribution in [0.2, 0.25) is 0 Å². The lowest BCUT2D eigenvalue weighted by Crippen LogP contribution is -2.38. The molecule has 0 spiro atoms. The van der Waals surface area contributed by atoms with Gasteiger partial charge in [0.1, 0.15) is 5.00 Å². The van der Waals surface area contributed by atoms with E-state index in [0.29, 0.717) is 34.5 Å². The topological polar surface area (TPSA) is 70.2 Å². The van der Waals surface area contributed by atoms with Gasteiger partial charge in [-0.15, -0.1) is 23.7 Å². The van der Waals surface area contributed by atoms with Gasteiger partial charge in [0.05, 0.1) is 5.56 Å². The van der Waals surface area contributed by atoms with Crippen LogP contribution in [0.5, 0.6) is 0 Å². The smallest absolute Gasteiger partial charge is 0.256 e. The number of halogens is 1. The van der Waals surface area contributed by atoms with Gasteiger partial charge in [-0.05, 0) is 66.9 Å². The molecule has 1 saturated heterocycles. The molecule has 1 fully saturated rings. The lowest BCUT2D eigenvalue weighted by molar-refractivity contribution is 0.0946. The molecule has 0 aliphatic carbocycles. The van der Waals surface area contributed by atoms with Crippen LogP contribution in [0.15, 0.2) is 35.7 Å². The fourth-order valence-corrected chi connectivity index (χ4v) is 3.99. The molecule has 2 aromatic rings. The summed E-state index contributed by atoms with van der Waals surface area (Å²) in [6.45, 7) is 6.90. The number of benzene rings is 1. The van der Waals surface area contributed by atoms with Crippen molar-refractivity contribution in [3.8, 4) is 0 Å². The van der Waals surface area contributed by atoms with Crippen LogP contribution in [0.1, 0.15) is 58.9 Å². The Morgan fingerprint density at radius 3 is 2.57 bits per heavy atom. The Bertz CT molecular complexity index is 783. The molecular weight excluding hydrogens is 394 g/mol. The zero-order chi connectivity index (χ0) is 19.2. The highest BCUT2D eigenvalue weighted by atomic mass is 35.5. The van der Waals surface area contributed by atoms with Gasteiger partial charge >= 0.3 is 0 Å². The maximum absolute atomic E-state index is 12.5. The molecule has 3 N–H and O–H groups in total. The third-order valence-corrected chi connectivity index (χ3v) is 5.76. The van der Waals surface area contributed by atoms with E-state index in [1.807, 2.05) is 29.6 Å². The highest BCUT2D eigenvalue weighted by Crippen LogP contribution is 2.24. The average molecular weight is 422 g/mol. The lowest BCUT2D eigenvalue weighted by atomic mass is 10.00. The van der Waals surface area contributed by atoms with E-state index in [2.05, 4.69) is 29.8 Å². The van der Waals surface area contributed by atoms with E-state index in [0.717, 1.165) is 25.9 Å². The van der Waals surface area contributed by atoms with Crippen molar-refractivity contribution < 1.29 is 9.59 Å². The normalized spacial score (nSPS) is 16.3. The van der Waals surface area contributed by atoms with Gasteiger partial charge in [0.15, 0.2) is 0 Å². The summed E-state index contributed by atoms with van der Waals surface area (Å²) < 4.78 is 0. The van der Waals surface area contributed by atoms with Crippen molar-refractivity contribution in [1.29, 1.82) is 0 Å². The SMILES string of the molecule is CC(C)c1ccc(C(=O)Nc2sccc2C(=O)NCC2CCCNC2)cc1.Cl. The summed E-state index contributed by atoms with van der Waals surface area (Å²) in [5, 5.41) is 11.7. The van der Waals surface area contributed by atoms with E-state index in [1.54, 1.807) is 6.07 Å². The second-order valence-electron chi connectivity index (χ2n) is 7.32. The summed E-state index contributed by atoms with van der Waals surface area (Å²) >= 11 is 1.37. The van der Waals surface area contributed by atoms with Crippen molar-refractivity contribution in [2.75, 3.05) is 25.0 Å². The zero-order valence-electron chi connectivity index (χ0n) is 16.3. The molecule has 1 aliphatic heterocycles. The van der Waals surface area contributed by atoms with Gasteiger partial charge in [0.2, 0.25) is 0 Å². The third kappa shape index (κ3) is 5.80. The Morgan fingerprint density at radius 2 is 1.93 bits per heavy atom. The number of hydrogen-bond donors (Lipinski definition) is 3. The zero-order valence-corrected chi connectivity index (χ0v) is 17.9. The van der Waals surface area contributed by atoms with Crippen LogP contribution >= 0.6 is 23.7 Å². The number of piperidine rings is 1. The minimum atomic E-state index is -0.196. The number of anilines is 1. The molecule has 1 aromatic carbocycles. The average Bonchev–Trinajstić information content (AvgIpc) is 3.15. The first kappa shape index (κ1) is 22.4. The van der Waals surface area contributed by atoms with Gasteiger partial charge in [-0.1, -0.05) is 26.0 Å². The number of nitrogens with one attached hydrogen (secondary N) is 3. The number of thiophene rings is 1. The quantitative estimate of drug-likeness (QED) is 0.652. The van der Waals surface area contributed by atoms with E-state index in [-0.39, 0.29) is 24.2 Å². The molecule has 5 nitrogen and oxygen atoms in total. The van der Waals surface area contributed by atoms with Crippen molar-refractivity contribution in [1.82, 2.24) is 10.6 Å². The predicted molar refractivity (Wildman–Crippen MR) is 118 cm³/mol. The van der Waals surface area contributed by atoms with Crippen molar-refractivity contribution >= 4 is 40.6 Å². The number of hydrogen-bond acceptors (Lipinski definition) is 4. The van der Waals surface area contributed by atoms with E-state index in [4.69, 9.17) is 0 Å². The predicted octanol–water partition coefficient (Wildman–Crippen LogP) is 4.28. The Morgan fingerprint density at radius 1 is 1.18 bits per heavy atom. The molecule has 7 heteroatoms. The molecule has 1 atom stereocenters. The van der Waals surface area contributed by atoms with Crippen LogP contribution < -0.4 is 16.0 Å². The van der Waals surface area contributed by atoms with Crippen molar-refractivity contribution in [3.05, 3.63) is 52.4 Å². The van der Waals surface area contributed by atoms with Crippen LogP contribution in [-0.2, 0) is 0 Å². The molecule has 28 heavy (non-hydrogen) atoms. The van der Waals surface area contributed by atoms with Gasteiger partial charge in [-0.25, -0.2) is 0 Å². The Labute approximate surface area is 176 Å². The molecule has 0 saturated carbocycles. The van der Waals surface area contributed by atoms with E-state index in [1.165, 1.54) is 16.9 Å². The van der Waals surface area contributed by atoms with Gasteiger partial charge in [-0.3, -0.25) is 9.59 Å². The van der Waals surface area contributed by atoms with Gasteiger partial charge in [0, 0.05) is 12.1 Å². The first-order valence-electron chi connectivity index (χ1n) is 9.52. The fraction of sp³-hybridized carbons (Fsp3) is 0.429. The van der Waals surface area contributed by atoms with E-state index < -0.39 is 0 Å². The highest BCUT2D eigenvalue weighted by molar-refractivity contribution is 7.14. The van der Waals surface area contributed by atoms with Crippen molar-refractivity contribution in [2.24, 2.45) is 5.92 Å². The van der Waals surface area contributed by atoms with Crippen LogP contribution in [-0.4, -0.2) is 31.4 Å². The first-order valence-corrected chi connectivity index (χ1v) is 10.4. The Kier molecular flexibility index (Phi) is 8.48. The van der Waals surface area contributed by atoms with Crippen molar-refractivity contribution in [2.45, 2.75) is 32.6 Å². The molecule has 2 heterocycles. The second kappa shape index (κ2) is 10.6. The molecule has 2 amide bonds. The highest BCUT2D eigenvalue weighted by Gasteiger charge is 2.18. The van der Waals surface area contributed by atoms with Gasteiger partial charge in [0.25, 0.3) is 11.8 Å².